The Hall–Kier alpha value is -3.02. The summed E-state index contributed by atoms with van der Waals surface area (Å²) >= 11 is 1.77. The van der Waals surface area contributed by atoms with Crippen LogP contribution in [-0.4, -0.2) is 48.7 Å². The number of aryl methyl sites for hydroxylation is 1. The molecule has 0 aliphatic carbocycles. The van der Waals surface area contributed by atoms with E-state index in [9.17, 15) is 22.0 Å². The number of para-hydroxylation sites is 1. The van der Waals surface area contributed by atoms with Crippen LogP contribution in [0.25, 0.3) is 12.2 Å². The van der Waals surface area contributed by atoms with Crippen molar-refractivity contribution >= 4 is 45.5 Å². The van der Waals surface area contributed by atoms with Crippen molar-refractivity contribution in [2.75, 3.05) is 24.5 Å². The summed E-state index contributed by atoms with van der Waals surface area (Å²) in [5, 5.41) is 4.21. The quantitative estimate of drug-likeness (QED) is 0.387. The van der Waals surface area contributed by atoms with Crippen LogP contribution in [0.3, 0.4) is 0 Å². The summed E-state index contributed by atoms with van der Waals surface area (Å²) in [7, 11) is -3.99. The number of benzene rings is 2. The van der Waals surface area contributed by atoms with Crippen LogP contribution in [0.2, 0.25) is 0 Å². The lowest BCUT2D eigenvalue weighted by Crippen LogP contribution is -2.45. The van der Waals surface area contributed by atoms with Crippen molar-refractivity contribution in [1.29, 1.82) is 0 Å². The molecule has 7 nitrogen and oxygen atoms in total. The topological polar surface area (TPSA) is 83.7 Å². The molecule has 2 aromatic carbocycles. The number of sulfonamides is 1. The summed E-state index contributed by atoms with van der Waals surface area (Å²) in [5.74, 6) is -1.78. The van der Waals surface area contributed by atoms with Crippen molar-refractivity contribution in [2.45, 2.75) is 48.2 Å². The van der Waals surface area contributed by atoms with Gasteiger partial charge in [0.05, 0.1) is 5.69 Å². The maximum absolute atomic E-state index is 14.0. The van der Waals surface area contributed by atoms with Crippen molar-refractivity contribution in [2.24, 2.45) is 5.92 Å². The Balaban J connectivity index is 1.31. The van der Waals surface area contributed by atoms with E-state index in [1.807, 2.05) is 29.2 Å². The number of piperidine rings is 1. The predicted octanol–water partition coefficient (Wildman–Crippen LogP) is 5.75. The molecule has 2 aliphatic heterocycles. The number of hydrogen-bond acceptors (Lipinski definition) is 6. The van der Waals surface area contributed by atoms with Crippen LogP contribution in [0.4, 0.5) is 14.5 Å². The van der Waals surface area contributed by atoms with Gasteiger partial charge < -0.3 is 9.42 Å². The number of rotatable bonds is 5. The minimum Gasteiger partial charge on any atom is -0.355 e. The number of carbonyl (C=O) groups excluding carboxylic acids is 1. The minimum absolute atomic E-state index is 0.0281. The van der Waals surface area contributed by atoms with Gasteiger partial charge in [-0.2, -0.15) is 4.31 Å². The van der Waals surface area contributed by atoms with Gasteiger partial charge in [0.15, 0.2) is 10.7 Å². The van der Waals surface area contributed by atoms with Crippen molar-refractivity contribution in [1.82, 2.24) is 9.46 Å². The number of halogens is 2. The zero-order valence-electron chi connectivity index (χ0n) is 21.6. The first-order valence-corrected chi connectivity index (χ1v) is 15.1. The van der Waals surface area contributed by atoms with E-state index in [4.69, 9.17) is 4.52 Å². The van der Waals surface area contributed by atoms with Gasteiger partial charge in [0.2, 0.25) is 15.9 Å². The molecule has 0 unspecified atom stereocenters. The second-order valence-electron chi connectivity index (χ2n) is 9.81. The number of nitrogens with zero attached hydrogens (tertiary/aromatic N) is 3. The maximum atomic E-state index is 14.0. The fraction of sp³-hybridized carbons (Fsp3) is 0.357. The average molecular weight is 574 g/mol. The van der Waals surface area contributed by atoms with Gasteiger partial charge in [-0.25, -0.2) is 17.2 Å². The van der Waals surface area contributed by atoms with E-state index in [0.29, 0.717) is 24.6 Å². The predicted molar refractivity (Wildman–Crippen MR) is 147 cm³/mol. The highest BCUT2D eigenvalue weighted by atomic mass is 32.2. The summed E-state index contributed by atoms with van der Waals surface area (Å²) < 4.78 is 61.1. The van der Waals surface area contributed by atoms with Crippen LogP contribution in [0.5, 0.6) is 0 Å². The van der Waals surface area contributed by atoms with Crippen LogP contribution in [0.1, 0.15) is 43.2 Å². The molecule has 1 saturated heterocycles. The monoisotopic (exact) mass is 573 g/mol. The van der Waals surface area contributed by atoms with Crippen molar-refractivity contribution in [3.8, 4) is 0 Å². The average Bonchev–Trinajstić information content (AvgIpc) is 3.20. The number of amides is 1. The Morgan fingerprint density at radius 2 is 1.82 bits per heavy atom. The molecular weight excluding hydrogens is 544 g/mol. The van der Waals surface area contributed by atoms with E-state index in [-0.39, 0.29) is 46.8 Å². The lowest BCUT2D eigenvalue weighted by molar-refractivity contribution is -0.123. The van der Waals surface area contributed by atoms with Crippen molar-refractivity contribution in [3.05, 3.63) is 71.1 Å². The van der Waals surface area contributed by atoms with Gasteiger partial charge in [0.25, 0.3) is 0 Å². The second kappa shape index (κ2) is 11.2. The molecular formula is C28H29F2N3O4S2. The van der Waals surface area contributed by atoms with Gasteiger partial charge in [-0.3, -0.25) is 4.79 Å². The molecule has 0 N–H and O–H groups in total. The maximum Gasteiger partial charge on any atom is 0.248 e. The summed E-state index contributed by atoms with van der Waals surface area (Å²) in [4.78, 5) is 16.4. The lowest BCUT2D eigenvalue weighted by Gasteiger charge is -2.33. The van der Waals surface area contributed by atoms with Gasteiger partial charge in [-0.1, -0.05) is 24.2 Å². The molecule has 1 amide bonds. The SMILES string of the molecule is Cc1noc(/C=C/c2ccc(F)cc2F)c1S(=O)(=O)N1CCC(C(=O)N2CC[C@@H](C)Sc3ccccc32)CC1. The zero-order chi connectivity index (χ0) is 27.7. The number of anilines is 1. The third-order valence-corrected chi connectivity index (χ3v) is 10.4. The molecule has 2 aliphatic rings. The molecule has 39 heavy (non-hydrogen) atoms. The largest absolute Gasteiger partial charge is 0.355 e. The molecule has 3 aromatic rings. The zero-order valence-corrected chi connectivity index (χ0v) is 23.3. The molecule has 0 saturated carbocycles. The third kappa shape index (κ3) is 5.66. The Labute approximate surface area is 230 Å². The smallest absolute Gasteiger partial charge is 0.248 e. The molecule has 3 heterocycles. The number of hydrogen-bond donors (Lipinski definition) is 0. The van der Waals surface area contributed by atoms with Crippen LogP contribution in [0.15, 0.2) is 56.8 Å². The summed E-state index contributed by atoms with van der Waals surface area (Å²) in [6, 6.07) is 11.0. The van der Waals surface area contributed by atoms with Gasteiger partial charge >= 0.3 is 0 Å². The van der Waals surface area contributed by atoms with E-state index in [2.05, 4.69) is 12.1 Å². The summed E-state index contributed by atoms with van der Waals surface area (Å²) in [6.07, 6.45) is 4.31. The standard InChI is InChI=1S/C28H29F2N3O4S2/c1-18-11-16-33(24-5-3-4-6-26(24)38-18)28(34)21-12-14-32(15-13-21)39(35,36)27-19(2)31-37-25(27)10-8-20-7-9-22(29)17-23(20)30/h3-10,17-18,21H,11-16H2,1-2H3/b10-8+/t18-/m1/s1. The summed E-state index contributed by atoms with van der Waals surface area (Å²) in [5.41, 5.74) is 1.18. The molecule has 0 radical (unpaired) electrons. The van der Waals surface area contributed by atoms with E-state index >= 15 is 0 Å². The Kier molecular flexibility index (Phi) is 7.93. The first-order chi connectivity index (χ1) is 18.6. The van der Waals surface area contributed by atoms with E-state index in [1.54, 1.807) is 11.8 Å². The lowest BCUT2D eigenvalue weighted by atomic mass is 9.96. The van der Waals surface area contributed by atoms with Crippen LogP contribution in [0, 0.1) is 24.5 Å². The Morgan fingerprint density at radius 3 is 2.56 bits per heavy atom. The van der Waals surface area contributed by atoms with Crippen LogP contribution < -0.4 is 4.90 Å². The van der Waals surface area contributed by atoms with E-state index in [1.165, 1.54) is 29.4 Å². The highest BCUT2D eigenvalue weighted by Crippen LogP contribution is 2.39. The minimum atomic E-state index is -3.99. The van der Waals surface area contributed by atoms with Gasteiger partial charge in [0.1, 0.15) is 17.3 Å². The van der Waals surface area contributed by atoms with Gasteiger partial charge in [-0.05, 0) is 62.6 Å². The first-order valence-electron chi connectivity index (χ1n) is 12.8. The molecule has 5 rings (SSSR count). The second-order valence-corrected chi connectivity index (χ2v) is 13.2. The number of aromatic nitrogens is 1. The highest BCUT2D eigenvalue weighted by Gasteiger charge is 2.38. The molecule has 1 fully saturated rings. The molecule has 0 bridgehead atoms. The third-order valence-electron chi connectivity index (χ3n) is 7.12. The molecule has 11 heteroatoms. The molecule has 1 atom stereocenters. The highest BCUT2D eigenvalue weighted by molar-refractivity contribution is 8.00. The van der Waals surface area contributed by atoms with Crippen LogP contribution >= 0.6 is 11.8 Å². The number of carbonyl (C=O) groups is 1. The normalized spacial score (nSPS) is 19.3. The van der Waals surface area contributed by atoms with E-state index < -0.39 is 21.7 Å². The Morgan fingerprint density at radius 1 is 1.08 bits per heavy atom. The Bertz CT molecular complexity index is 1510. The van der Waals surface area contributed by atoms with E-state index in [0.717, 1.165) is 29.1 Å². The van der Waals surface area contributed by atoms with Crippen molar-refractivity contribution < 1.29 is 26.5 Å². The first kappa shape index (κ1) is 27.5. The molecule has 0 spiro atoms. The van der Waals surface area contributed by atoms with Crippen LogP contribution in [-0.2, 0) is 14.8 Å². The van der Waals surface area contributed by atoms with Gasteiger partial charge in [-0.15, -0.1) is 11.8 Å². The van der Waals surface area contributed by atoms with Gasteiger partial charge in [0, 0.05) is 47.3 Å². The fourth-order valence-corrected chi connectivity index (χ4v) is 7.84. The number of fused-ring (bicyclic) bond motifs is 1. The molecule has 1 aromatic heterocycles. The summed E-state index contributed by atoms with van der Waals surface area (Å²) in [6.45, 7) is 4.68. The van der Waals surface area contributed by atoms with Crippen molar-refractivity contribution in [3.63, 3.8) is 0 Å². The molecule has 206 valence electrons. The fourth-order valence-electron chi connectivity index (χ4n) is 5.01. The number of thioether (sulfide) groups is 1.